The van der Waals surface area contributed by atoms with Crippen molar-refractivity contribution in [3.05, 3.63) is 88.8 Å². The molecule has 1 N–H and O–H groups in total. The summed E-state index contributed by atoms with van der Waals surface area (Å²) < 4.78 is 5.40. The highest BCUT2D eigenvalue weighted by Gasteiger charge is 2.23. The maximum atomic E-state index is 12.9. The van der Waals surface area contributed by atoms with E-state index in [0.717, 1.165) is 5.56 Å². The van der Waals surface area contributed by atoms with Gasteiger partial charge in [-0.15, -0.1) is 0 Å². The molecule has 1 atom stereocenters. The van der Waals surface area contributed by atoms with Crippen molar-refractivity contribution in [1.82, 2.24) is 0 Å². The van der Waals surface area contributed by atoms with Gasteiger partial charge in [0, 0.05) is 11.4 Å². The summed E-state index contributed by atoms with van der Waals surface area (Å²) in [6.07, 6.45) is 1.99. The van der Waals surface area contributed by atoms with Crippen LogP contribution < -0.4 is 5.32 Å². The van der Waals surface area contributed by atoms with Gasteiger partial charge in [0.1, 0.15) is 11.8 Å². The van der Waals surface area contributed by atoms with Gasteiger partial charge in [0.05, 0.1) is 23.4 Å². The second-order valence-corrected chi connectivity index (χ2v) is 5.97. The van der Waals surface area contributed by atoms with Crippen molar-refractivity contribution in [2.24, 2.45) is 0 Å². The molecule has 0 fully saturated rings. The first-order chi connectivity index (χ1) is 12.2. The van der Waals surface area contributed by atoms with Gasteiger partial charge in [0.2, 0.25) is 5.91 Å². The topological polar surface area (TPSA) is 66.0 Å². The zero-order chi connectivity index (χ0) is 17.6. The third kappa shape index (κ3) is 4.09. The summed E-state index contributed by atoms with van der Waals surface area (Å²) in [4.78, 5) is 12.9. The van der Waals surface area contributed by atoms with Crippen LogP contribution in [0.25, 0.3) is 0 Å². The summed E-state index contributed by atoms with van der Waals surface area (Å²) in [5.74, 6) is 0.0419. The third-order valence-electron chi connectivity index (χ3n) is 3.88. The first-order valence-corrected chi connectivity index (χ1v) is 8.13. The highest BCUT2D eigenvalue weighted by Crippen LogP contribution is 2.25. The van der Waals surface area contributed by atoms with E-state index in [-0.39, 0.29) is 5.91 Å². The Balaban J connectivity index is 1.89. The molecule has 3 aromatic rings. The van der Waals surface area contributed by atoms with Crippen molar-refractivity contribution < 1.29 is 9.21 Å². The summed E-state index contributed by atoms with van der Waals surface area (Å²) in [7, 11) is 0. The van der Waals surface area contributed by atoms with Gasteiger partial charge in [-0.25, -0.2) is 0 Å². The summed E-state index contributed by atoms with van der Waals surface area (Å²) in [5.41, 5.74) is 1.74. The molecule has 1 aromatic heterocycles. The van der Waals surface area contributed by atoms with Gasteiger partial charge in [0.25, 0.3) is 0 Å². The highest BCUT2D eigenvalue weighted by molar-refractivity contribution is 6.30. The summed E-state index contributed by atoms with van der Waals surface area (Å²) in [6, 6.07) is 19.8. The number of furan rings is 1. The first kappa shape index (κ1) is 16.8. The predicted octanol–water partition coefficient (Wildman–Crippen LogP) is 4.77. The van der Waals surface area contributed by atoms with Crippen molar-refractivity contribution in [3.8, 4) is 6.07 Å². The molecule has 3 rings (SSSR count). The predicted molar refractivity (Wildman–Crippen MR) is 96.4 cm³/mol. The SMILES string of the molecule is N#Cc1ccccc1NC(=O)C(Cc1ccco1)c1ccc(Cl)cc1. The van der Waals surface area contributed by atoms with Crippen molar-refractivity contribution in [2.45, 2.75) is 12.3 Å². The van der Waals surface area contributed by atoms with Crippen LogP contribution in [-0.4, -0.2) is 5.91 Å². The number of nitriles is 1. The quantitative estimate of drug-likeness (QED) is 0.720. The Morgan fingerprint density at radius 1 is 1.12 bits per heavy atom. The molecule has 1 unspecified atom stereocenters. The zero-order valence-electron chi connectivity index (χ0n) is 13.3. The molecule has 0 bridgehead atoms. The average molecular weight is 351 g/mol. The smallest absolute Gasteiger partial charge is 0.232 e. The minimum absolute atomic E-state index is 0.207. The van der Waals surface area contributed by atoms with E-state index in [1.54, 1.807) is 48.7 Å². The van der Waals surface area contributed by atoms with Gasteiger partial charge in [-0.3, -0.25) is 4.79 Å². The Morgan fingerprint density at radius 3 is 2.56 bits per heavy atom. The fourth-order valence-corrected chi connectivity index (χ4v) is 2.72. The monoisotopic (exact) mass is 350 g/mol. The Morgan fingerprint density at radius 2 is 1.88 bits per heavy atom. The summed E-state index contributed by atoms with van der Waals surface area (Å²) in [6.45, 7) is 0. The Bertz CT molecular complexity index is 896. The molecule has 0 spiro atoms. The number of amides is 1. The number of benzene rings is 2. The number of nitrogens with zero attached hydrogens (tertiary/aromatic N) is 1. The molecular weight excluding hydrogens is 336 g/mol. The summed E-state index contributed by atoms with van der Waals surface area (Å²) >= 11 is 5.95. The number of rotatable bonds is 5. The molecule has 25 heavy (non-hydrogen) atoms. The van der Waals surface area contributed by atoms with Crippen molar-refractivity contribution >= 4 is 23.2 Å². The third-order valence-corrected chi connectivity index (χ3v) is 4.13. The Labute approximate surface area is 150 Å². The van der Waals surface area contributed by atoms with Crippen molar-refractivity contribution in [3.63, 3.8) is 0 Å². The van der Waals surface area contributed by atoms with Crippen LogP contribution in [0, 0.1) is 11.3 Å². The lowest BCUT2D eigenvalue weighted by molar-refractivity contribution is -0.117. The number of carbonyl (C=O) groups is 1. The molecule has 0 aliphatic carbocycles. The number of anilines is 1. The fourth-order valence-electron chi connectivity index (χ4n) is 2.60. The number of halogens is 1. The van der Waals surface area contributed by atoms with Crippen LogP contribution in [0.5, 0.6) is 0 Å². The molecule has 2 aromatic carbocycles. The van der Waals surface area contributed by atoms with Crippen LogP contribution in [0.4, 0.5) is 5.69 Å². The lowest BCUT2D eigenvalue weighted by atomic mass is 9.93. The lowest BCUT2D eigenvalue weighted by Gasteiger charge is -2.17. The van der Waals surface area contributed by atoms with Crippen molar-refractivity contribution in [2.75, 3.05) is 5.32 Å². The molecule has 0 saturated heterocycles. The van der Waals surface area contributed by atoms with Crippen LogP contribution in [0.3, 0.4) is 0 Å². The number of hydrogen-bond acceptors (Lipinski definition) is 3. The van der Waals surface area contributed by atoms with Crippen LogP contribution >= 0.6 is 11.6 Å². The van der Waals surface area contributed by atoms with Gasteiger partial charge in [0.15, 0.2) is 0 Å². The normalized spacial score (nSPS) is 11.5. The summed E-state index contributed by atoms with van der Waals surface area (Å²) in [5, 5.41) is 12.7. The maximum absolute atomic E-state index is 12.9. The van der Waals surface area contributed by atoms with Crippen LogP contribution in [-0.2, 0) is 11.2 Å². The Kier molecular flexibility index (Phi) is 5.17. The molecular formula is C20H15ClN2O2. The van der Waals surface area contributed by atoms with Gasteiger partial charge < -0.3 is 9.73 Å². The van der Waals surface area contributed by atoms with E-state index in [4.69, 9.17) is 16.0 Å². The molecule has 0 aliphatic rings. The van der Waals surface area contributed by atoms with E-state index in [9.17, 15) is 10.1 Å². The first-order valence-electron chi connectivity index (χ1n) is 7.75. The molecule has 5 heteroatoms. The van der Waals surface area contributed by atoms with E-state index in [0.29, 0.717) is 28.5 Å². The number of carbonyl (C=O) groups excluding carboxylic acids is 1. The van der Waals surface area contributed by atoms with Crippen LogP contribution in [0.15, 0.2) is 71.3 Å². The number of hydrogen-bond donors (Lipinski definition) is 1. The van der Waals surface area contributed by atoms with Gasteiger partial charge in [-0.05, 0) is 42.0 Å². The second-order valence-electron chi connectivity index (χ2n) is 5.53. The largest absolute Gasteiger partial charge is 0.469 e. The average Bonchev–Trinajstić information content (AvgIpc) is 3.14. The van der Waals surface area contributed by atoms with E-state index in [1.165, 1.54) is 0 Å². The second kappa shape index (κ2) is 7.69. The minimum Gasteiger partial charge on any atom is -0.469 e. The van der Waals surface area contributed by atoms with Gasteiger partial charge in [-0.2, -0.15) is 5.26 Å². The fraction of sp³-hybridized carbons (Fsp3) is 0.100. The van der Waals surface area contributed by atoms with Gasteiger partial charge in [-0.1, -0.05) is 35.9 Å². The molecule has 4 nitrogen and oxygen atoms in total. The van der Waals surface area contributed by atoms with Crippen LogP contribution in [0.1, 0.15) is 22.8 Å². The number of nitrogens with one attached hydrogen (secondary N) is 1. The van der Waals surface area contributed by atoms with Crippen molar-refractivity contribution in [1.29, 1.82) is 5.26 Å². The maximum Gasteiger partial charge on any atom is 0.232 e. The molecule has 1 amide bonds. The zero-order valence-corrected chi connectivity index (χ0v) is 14.0. The lowest BCUT2D eigenvalue weighted by Crippen LogP contribution is -2.23. The molecule has 0 radical (unpaired) electrons. The number of para-hydroxylation sites is 1. The molecule has 1 heterocycles. The molecule has 0 aliphatic heterocycles. The minimum atomic E-state index is -0.463. The molecule has 0 saturated carbocycles. The van der Waals surface area contributed by atoms with E-state index >= 15 is 0 Å². The Hall–Kier alpha value is -3.03. The van der Waals surface area contributed by atoms with E-state index in [2.05, 4.69) is 11.4 Å². The van der Waals surface area contributed by atoms with E-state index in [1.807, 2.05) is 18.2 Å². The molecule has 124 valence electrons. The van der Waals surface area contributed by atoms with E-state index < -0.39 is 5.92 Å². The highest BCUT2D eigenvalue weighted by atomic mass is 35.5. The van der Waals surface area contributed by atoms with Gasteiger partial charge >= 0.3 is 0 Å². The van der Waals surface area contributed by atoms with Crippen LogP contribution in [0.2, 0.25) is 5.02 Å². The standard InChI is InChI=1S/C20H15ClN2O2/c21-16-9-7-14(8-10-16)18(12-17-5-3-11-25-17)20(24)23-19-6-2-1-4-15(19)13-22/h1-11,18H,12H2,(H,23,24).